The summed E-state index contributed by atoms with van der Waals surface area (Å²) in [5.74, 6) is 1.21. The van der Waals surface area contributed by atoms with Crippen LogP contribution in [0.3, 0.4) is 0 Å². The molecule has 0 radical (unpaired) electrons. The molecule has 0 aliphatic heterocycles. The van der Waals surface area contributed by atoms with Gasteiger partial charge in [-0.05, 0) is 42.2 Å². The van der Waals surface area contributed by atoms with Gasteiger partial charge in [0, 0.05) is 11.3 Å². The van der Waals surface area contributed by atoms with Crippen LogP contribution in [0.25, 0.3) is 22.6 Å². The van der Waals surface area contributed by atoms with Gasteiger partial charge in [-0.1, -0.05) is 32.0 Å². The Morgan fingerprint density at radius 2 is 1.95 bits per heavy atom. The molecule has 0 bridgehead atoms. The van der Waals surface area contributed by atoms with E-state index < -0.39 is 0 Å². The Balaban J connectivity index is 1.99. The van der Waals surface area contributed by atoms with E-state index in [4.69, 9.17) is 10.2 Å². The zero-order valence-electron chi connectivity index (χ0n) is 11.8. The zero-order chi connectivity index (χ0) is 14.1. The lowest BCUT2D eigenvalue weighted by Crippen LogP contribution is -1.99. The van der Waals surface area contributed by atoms with Crippen molar-refractivity contribution in [3.05, 3.63) is 48.0 Å². The molecule has 2 N–H and O–H groups in total. The van der Waals surface area contributed by atoms with Crippen molar-refractivity contribution >= 4 is 16.8 Å². The summed E-state index contributed by atoms with van der Waals surface area (Å²) in [5, 5.41) is 0. The van der Waals surface area contributed by atoms with Gasteiger partial charge in [-0.3, -0.25) is 0 Å². The minimum Gasteiger partial charge on any atom is -0.436 e. The van der Waals surface area contributed by atoms with Crippen LogP contribution < -0.4 is 5.73 Å². The summed E-state index contributed by atoms with van der Waals surface area (Å²) in [5.41, 5.74) is 10.7. The number of rotatable bonds is 3. The van der Waals surface area contributed by atoms with E-state index in [1.54, 1.807) is 0 Å². The largest absolute Gasteiger partial charge is 0.436 e. The number of fused-ring (bicyclic) bond motifs is 1. The molecule has 3 nitrogen and oxygen atoms in total. The summed E-state index contributed by atoms with van der Waals surface area (Å²) < 4.78 is 5.76. The minimum atomic E-state index is 0.590. The molecule has 1 aromatic heterocycles. The van der Waals surface area contributed by atoms with Crippen molar-refractivity contribution in [1.82, 2.24) is 4.98 Å². The third-order valence-electron chi connectivity index (χ3n) is 3.31. The Labute approximate surface area is 118 Å². The lowest BCUT2D eigenvalue weighted by atomic mass is 10.00. The van der Waals surface area contributed by atoms with Crippen LogP contribution >= 0.6 is 0 Å². The van der Waals surface area contributed by atoms with Gasteiger partial charge in [-0.15, -0.1) is 0 Å². The summed E-state index contributed by atoms with van der Waals surface area (Å²) in [4.78, 5) is 4.49. The molecule has 20 heavy (non-hydrogen) atoms. The maximum absolute atomic E-state index is 6.13. The number of nitrogen functional groups attached to an aromatic ring is 1. The number of aromatic nitrogens is 1. The maximum Gasteiger partial charge on any atom is 0.227 e. The minimum absolute atomic E-state index is 0.590. The van der Waals surface area contributed by atoms with E-state index in [0.29, 0.717) is 11.8 Å². The number of anilines is 1. The molecule has 1 heterocycles. The molecule has 3 aromatic rings. The van der Waals surface area contributed by atoms with Gasteiger partial charge in [0.25, 0.3) is 0 Å². The molecule has 2 aromatic carbocycles. The fourth-order valence-corrected chi connectivity index (χ4v) is 2.35. The quantitative estimate of drug-likeness (QED) is 0.720. The fourth-order valence-electron chi connectivity index (χ4n) is 2.35. The molecule has 3 rings (SSSR count). The average Bonchev–Trinajstić information content (AvgIpc) is 2.84. The normalized spacial score (nSPS) is 11.3. The first-order valence-corrected chi connectivity index (χ1v) is 6.88. The van der Waals surface area contributed by atoms with Crippen LogP contribution in [0.5, 0.6) is 0 Å². The number of oxazole rings is 1. The van der Waals surface area contributed by atoms with Crippen molar-refractivity contribution in [3.63, 3.8) is 0 Å². The Kier molecular flexibility index (Phi) is 3.18. The van der Waals surface area contributed by atoms with Crippen LogP contribution in [0.4, 0.5) is 5.69 Å². The highest BCUT2D eigenvalue weighted by Crippen LogP contribution is 2.27. The second-order valence-corrected chi connectivity index (χ2v) is 5.50. The number of benzene rings is 2. The highest BCUT2D eigenvalue weighted by atomic mass is 16.3. The molecule has 3 heteroatoms. The SMILES string of the molecule is CC(C)Cc1ccc(-c2nc3ccccc3o2)cc1N. The van der Waals surface area contributed by atoms with Crippen LogP contribution in [-0.2, 0) is 6.42 Å². The number of nitrogens with two attached hydrogens (primary N) is 1. The number of hydrogen-bond donors (Lipinski definition) is 1. The van der Waals surface area contributed by atoms with Gasteiger partial charge in [-0.25, -0.2) is 4.98 Å². The fraction of sp³-hybridized carbons (Fsp3) is 0.235. The van der Waals surface area contributed by atoms with E-state index in [1.165, 1.54) is 5.56 Å². The molecule has 0 fully saturated rings. The van der Waals surface area contributed by atoms with Crippen LogP contribution in [-0.4, -0.2) is 4.98 Å². The van der Waals surface area contributed by atoms with E-state index in [2.05, 4.69) is 24.9 Å². The topological polar surface area (TPSA) is 52.0 Å². The molecule has 0 spiro atoms. The Bertz CT molecular complexity index is 711. The van der Waals surface area contributed by atoms with Crippen LogP contribution in [0, 0.1) is 5.92 Å². The Morgan fingerprint density at radius 3 is 2.65 bits per heavy atom. The zero-order valence-corrected chi connectivity index (χ0v) is 11.8. The van der Waals surface area contributed by atoms with Gasteiger partial charge < -0.3 is 10.2 Å². The Hall–Kier alpha value is -2.29. The Morgan fingerprint density at radius 1 is 1.15 bits per heavy atom. The highest BCUT2D eigenvalue weighted by molar-refractivity contribution is 5.76. The molecule has 0 saturated heterocycles. The van der Waals surface area contributed by atoms with Gasteiger partial charge in [0.15, 0.2) is 5.58 Å². The van der Waals surface area contributed by atoms with Crippen LogP contribution in [0.15, 0.2) is 46.9 Å². The van der Waals surface area contributed by atoms with Crippen molar-refractivity contribution in [3.8, 4) is 11.5 Å². The third kappa shape index (κ3) is 2.39. The smallest absolute Gasteiger partial charge is 0.227 e. The summed E-state index contributed by atoms with van der Waals surface area (Å²) >= 11 is 0. The summed E-state index contributed by atoms with van der Waals surface area (Å²) in [7, 11) is 0. The van der Waals surface area contributed by atoms with E-state index in [1.807, 2.05) is 36.4 Å². The first-order valence-electron chi connectivity index (χ1n) is 6.88. The van der Waals surface area contributed by atoms with Crippen molar-refractivity contribution in [2.75, 3.05) is 5.73 Å². The predicted molar refractivity (Wildman–Crippen MR) is 82.4 cm³/mol. The second kappa shape index (κ2) is 5.00. The molecule has 102 valence electrons. The predicted octanol–water partition coefficient (Wildman–Crippen LogP) is 4.28. The standard InChI is InChI=1S/C17H18N2O/c1-11(2)9-12-7-8-13(10-14(12)18)17-19-15-5-3-4-6-16(15)20-17/h3-8,10-11H,9,18H2,1-2H3. The van der Waals surface area contributed by atoms with Gasteiger partial charge in [0.2, 0.25) is 5.89 Å². The van der Waals surface area contributed by atoms with Crippen LogP contribution in [0.2, 0.25) is 0 Å². The lowest BCUT2D eigenvalue weighted by Gasteiger charge is -2.09. The van der Waals surface area contributed by atoms with Gasteiger partial charge >= 0.3 is 0 Å². The van der Waals surface area contributed by atoms with Crippen molar-refractivity contribution in [2.45, 2.75) is 20.3 Å². The molecule has 0 amide bonds. The summed E-state index contributed by atoms with van der Waals surface area (Å²) in [6.07, 6.45) is 0.986. The first-order chi connectivity index (χ1) is 9.63. The summed E-state index contributed by atoms with van der Waals surface area (Å²) in [6, 6.07) is 13.8. The maximum atomic E-state index is 6.13. The number of hydrogen-bond acceptors (Lipinski definition) is 3. The van der Waals surface area contributed by atoms with Gasteiger partial charge in [0.05, 0.1) is 0 Å². The monoisotopic (exact) mass is 266 g/mol. The van der Waals surface area contributed by atoms with E-state index in [-0.39, 0.29) is 0 Å². The molecule has 0 unspecified atom stereocenters. The first kappa shape index (κ1) is 12.7. The molecule has 0 aliphatic rings. The molecular weight excluding hydrogens is 248 g/mol. The summed E-state index contributed by atoms with van der Waals surface area (Å²) in [6.45, 7) is 4.38. The van der Waals surface area contributed by atoms with Crippen molar-refractivity contribution < 1.29 is 4.42 Å². The molecule has 0 saturated carbocycles. The number of nitrogens with zero attached hydrogens (tertiary/aromatic N) is 1. The molecule has 0 aliphatic carbocycles. The van der Waals surface area contributed by atoms with E-state index in [0.717, 1.165) is 28.8 Å². The van der Waals surface area contributed by atoms with Gasteiger partial charge in [-0.2, -0.15) is 0 Å². The average molecular weight is 266 g/mol. The third-order valence-corrected chi connectivity index (χ3v) is 3.31. The lowest BCUT2D eigenvalue weighted by molar-refractivity contribution is 0.619. The van der Waals surface area contributed by atoms with Gasteiger partial charge in [0.1, 0.15) is 5.52 Å². The van der Waals surface area contributed by atoms with Crippen molar-refractivity contribution in [2.24, 2.45) is 5.92 Å². The molecule has 0 atom stereocenters. The van der Waals surface area contributed by atoms with E-state index >= 15 is 0 Å². The van der Waals surface area contributed by atoms with Crippen molar-refractivity contribution in [1.29, 1.82) is 0 Å². The molecular formula is C17H18N2O. The van der Waals surface area contributed by atoms with Crippen LogP contribution in [0.1, 0.15) is 19.4 Å². The second-order valence-electron chi connectivity index (χ2n) is 5.50. The number of para-hydroxylation sites is 2. The van der Waals surface area contributed by atoms with E-state index in [9.17, 15) is 0 Å². The highest BCUT2D eigenvalue weighted by Gasteiger charge is 2.10.